The molecule has 1 saturated heterocycles. The van der Waals surface area contributed by atoms with Crippen LogP contribution in [-0.4, -0.2) is 41.9 Å². The lowest BCUT2D eigenvalue weighted by molar-refractivity contribution is -0.134. The number of nitrogens with zero attached hydrogens (tertiary/aromatic N) is 1. The molecule has 1 atom stereocenters. The van der Waals surface area contributed by atoms with E-state index in [0.29, 0.717) is 35.7 Å². The summed E-state index contributed by atoms with van der Waals surface area (Å²) in [6.45, 7) is -0.385. The van der Waals surface area contributed by atoms with Gasteiger partial charge in [-0.25, -0.2) is 4.79 Å². The third-order valence-electron chi connectivity index (χ3n) is 5.41. The van der Waals surface area contributed by atoms with Crippen molar-refractivity contribution in [3.8, 4) is 5.75 Å². The number of urea groups is 1. The maximum Gasteiger partial charge on any atom is 0.325 e. The van der Waals surface area contributed by atoms with Crippen molar-refractivity contribution < 1.29 is 19.1 Å². The number of aryl methyl sites for hydroxylation is 1. The van der Waals surface area contributed by atoms with Gasteiger partial charge in [0.25, 0.3) is 5.91 Å². The minimum Gasteiger partial charge on any atom is -0.495 e. The maximum atomic E-state index is 13.1. The van der Waals surface area contributed by atoms with E-state index in [1.54, 1.807) is 18.2 Å². The number of hydrogen-bond donors (Lipinski definition) is 2. The minimum atomic E-state index is -0.987. The van der Waals surface area contributed by atoms with Crippen molar-refractivity contribution in [3.63, 3.8) is 0 Å². The number of ether oxygens (including phenoxy) is 1. The molecule has 29 heavy (non-hydrogen) atoms. The van der Waals surface area contributed by atoms with E-state index in [1.165, 1.54) is 12.7 Å². The maximum absolute atomic E-state index is 13.1. The summed E-state index contributed by atoms with van der Waals surface area (Å²) in [5.74, 6) is -0.451. The number of fused-ring (bicyclic) bond motifs is 1. The third-order valence-corrected chi connectivity index (χ3v) is 5.65. The Kier molecular flexibility index (Phi) is 4.92. The Hall–Kier alpha value is -3.06. The molecule has 1 heterocycles. The van der Waals surface area contributed by atoms with Crippen molar-refractivity contribution in [2.45, 2.75) is 24.8 Å². The standard InChI is InChI=1S/C21H20ClN3O4/c1-29-17-7-6-15(22)10-16(17)23-18(26)12-25-19(27)21(24-20(25)28)9-8-13-4-2-3-5-14(13)11-21/h2-7,10H,8-9,11-12H2,1H3,(H,23,26)(H,24,28). The molecule has 4 rings (SSSR count). The second-order valence-corrected chi connectivity index (χ2v) is 7.68. The Morgan fingerprint density at radius 2 is 2.00 bits per heavy atom. The lowest BCUT2D eigenvalue weighted by Crippen LogP contribution is -2.51. The molecular formula is C21H20ClN3O4. The Bertz CT molecular complexity index is 1010. The Balaban J connectivity index is 1.49. The number of carbonyl (C=O) groups excluding carboxylic acids is 3. The molecule has 1 spiro atoms. The van der Waals surface area contributed by atoms with Crippen LogP contribution in [0.5, 0.6) is 5.75 Å². The summed E-state index contributed by atoms with van der Waals surface area (Å²) < 4.78 is 5.20. The van der Waals surface area contributed by atoms with E-state index < -0.39 is 17.5 Å². The van der Waals surface area contributed by atoms with Gasteiger partial charge in [0.2, 0.25) is 5.91 Å². The number of amides is 4. The summed E-state index contributed by atoms with van der Waals surface area (Å²) >= 11 is 5.98. The molecule has 2 N–H and O–H groups in total. The van der Waals surface area contributed by atoms with Crippen LogP contribution >= 0.6 is 11.6 Å². The molecule has 1 fully saturated rings. The van der Waals surface area contributed by atoms with Crippen LogP contribution in [0.3, 0.4) is 0 Å². The van der Waals surface area contributed by atoms with Crippen molar-refractivity contribution in [2.24, 2.45) is 0 Å². The van der Waals surface area contributed by atoms with E-state index in [9.17, 15) is 14.4 Å². The number of halogens is 1. The minimum absolute atomic E-state index is 0.370. The fraction of sp³-hybridized carbons (Fsp3) is 0.286. The number of nitrogens with one attached hydrogen (secondary N) is 2. The average Bonchev–Trinajstić information content (AvgIpc) is 2.92. The van der Waals surface area contributed by atoms with Crippen LogP contribution in [-0.2, 0) is 22.4 Å². The molecule has 1 aliphatic carbocycles. The molecule has 2 aromatic rings. The first-order chi connectivity index (χ1) is 13.9. The predicted molar refractivity (Wildman–Crippen MR) is 108 cm³/mol. The lowest BCUT2D eigenvalue weighted by atomic mass is 9.78. The van der Waals surface area contributed by atoms with Crippen molar-refractivity contribution in [2.75, 3.05) is 19.0 Å². The summed E-state index contributed by atoms with van der Waals surface area (Å²) in [6.07, 6.45) is 1.63. The number of benzene rings is 2. The molecular weight excluding hydrogens is 394 g/mol. The zero-order valence-electron chi connectivity index (χ0n) is 15.8. The SMILES string of the molecule is COc1ccc(Cl)cc1NC(=O)CN1C(=O)NC2(CCc3ccccc3C2)C1=O. The largest absolute Gasteiger partial charge is 0.495 e. The molecule has 150 valence electrons. The summed E-state index contributed by atoms with van der Waals surface area (Å²) in [7, 11) is 1.47. The van der Waals surface area contributed by atoms with Crippen molar-refractivity contribution in [3.05, 3.63) is 58.6 Å². The second kappa shape index (κ2) is 7.40. The van der Waals surface area contributed by atoms with Crippen molar-refractivity contribution in [1.82, 2.24) is 10.2 Å². The first-order valence-electron chi connectivity index (χ1n) is 9.26. The molecule has 1 aliphatic heterocycles. The Labute approximate surface area is 173 Å². The molecule has 8 heteroatoms. The number of rotatable bonds is 4. The molecule has 7 nitrogen and oxygen atoms in total. The van der Waals surface area contributed by atoms with Crippen molar-refractivity contribution in [1.29, 1.82) is 0 Å². The van der Waals surface area contributed by atoms with Crippen LogP contribution in [0.4, 0.5) is 10.5 Å². The highest BCUT2D eigenvalue weighted by Crippen LogP contribution is 2.34. The monoisotopic (exact) mass is 413 g/mol. The fourth-order valence-corrected chi connectivity index (χ4v) is 4.13. The summed E-state index contributed by atoms with van der Waals surface area (Å²) in [4.78, 5) is 39.1. The van der Waals surface area contributed by atoms with Crippen LogP contribution in [0.2, 0.25) is 5.02 Å². The van der Waals surface area contributed by atoms with Gasteiger partial charge in [-0.1, -0.05) is 35.9 Å². The topological polar surface area (TPSA) is 87.7 Å². The number of imide groups is 1. The lowest BCUT2D eigenvalue weighted by Gasteiger charge is -2.32. The van der Waals surface area contributed by atoms with E-state index in [4.69, 9.17) is 16.3 Å². The normalized spacial score (nSPS) is 20.4. The van der Waals surface area contributed by atoms with E-state index in [2.05, 4.69) is 10.6 Å². The third kappa shape index (κ3) is 3.53. The molecule has 2 aromatic carbocycles. The molecule has 2 aliphatic rings. The van der Waals surface area contributed by atoms with E-state index >= 15 is 0 Å². The van der Waals surface area contributed by atoms with Crippen LogP contribution in [0.25, 0.3) is 0 Å². The molecule has 1 unspecified atom stereocenters. The Morgan fingerprint density at radius 3 is 2.76 bits per heavy atom. The van der Waals surface area contributed by atoms with E-state index in [0.717, 1.165) is 10.5 Å². The summed E-state index contributed by atoms with van der Waals surface area (Å²) in [5, 5.41) is 5.90. The smallest absolute Gasteiger partial charge is 0.325 e. The first-order valence-corrected chi connectivity index (χ1v) is 9.64. The van der Waals surface area contributed by atoms with Gasteiger partial charge in [-0.05, 0) is 42.2 Å². The van der Waals surface area contributed by atoms with Gasteiger partial charge >= 0.3 is 6.03 Å². The quantitative estimate of drug-likeness (QED) is 0.754. The Morgan fingerprint density at radius 1 is 1.24 bits per heavy atom. The van der Waals surface area contributed by atoms with Gasteiger partial charge in [0.05, 0.1) is 12.8 Å². The van der Waals surface area contributed by atoms with Gasteiger partial charge in [-0.3, -0.25) is 14.5 Å². The van der Waals surface area contributed by atoms with Gasteiger partial charge in [0.1, 0.15) is 17.8 Å². The summed E-state index contributed by atoms with van der Waals surface area (Å²) in [6, 6.07) is 12.1. The molecule has 0 bridgehead atoms. The van der Waals surface area contributed by atoms with Gasteiger partial charge in [0.15, 0.2) is 0 Å². The first kappa shape index (κ1) is 19.3. The highest BCUT2D eigenvalue weighted by atomic mass is 35.5. The molecule has 4 amide bonds. The second-order valence-electron chi connectivity index (χ2n) is 7.24. The van der Waals surface area contributed by atoms with Crippen LogP contribution in [0.1, 0.15) is 17.5 Å². The molecule has 0 saturated carbocycles. The summed E-state index contributed by atoms with van der Waals surface area (Å²) in [5.41, 5.74) is 1.62. The van der Waals surface area contributed by atoms with E-state index in [-0.39, 0.29) is 12.5 Å². The number of methoxy groups -OCH3 is 1. The van der Waals surface area contributed by atoms with Gasteiger partial charge in [-0.15, -0.1) is 0 Å². The zero-order valence-corrected chi connectivity index (χ0v) is 16.6. The zero-order chi connectivity index (χ0) is 20.6. The predicted octanol–water partition coefficient (Wildman–Crippen LogP) is 2.77. The van der Waals surface area contributed by atoms with Crippen LogP contribution in [0, 0.1) is 0 Å². The highest BCUT2D eigenvalue weighted by Gasteiger charge is 2.52. The highest BCUT2D eigenvalue weighted by molar-refractivity contribution is 6.31. The molecule has 0 radical (unpaired) electrons. The van der Waals surface area contributed by atoms with Crippen LogP contribution < -0.4 is 15.4 Å². The fourth-order valence-electron chi connectivity index (χ4n) is 3.96. The van der Waals surface area contributed by atoms with Gasteiger partial charge in [0, 0.05) is 11.4 Å². The van der Waals surface area contributed by atoms with Gasteiger partial charge < -0.3 is 15.4 Å². The molecule has 0 aromatic heterocycles. The van der Waals surface area contributed by atoms with Crippen molar-refractivity contribution >= 4 is 35.1 Å². The van der Waals surface area contributed by atoms with E-state index in [1.807, 2.05) is 24.3 Å². The average molecular weight is 414 g/mol. The number of hydrogen-bond acceptors (Lipinski definition) is 4. The van der Waals surface area contributed by atoms with Crippen LogP contribution in [0.15, 0.2) is 42.5 Å². The van der Waals surface area contributed by atoms with Gasteiger partial charge in [-0.2, -0.15) is 0 Å². The number of carbonyl (C=O) groups is 3. The number of anilines is 1.